The molecule has 32 heavy (non-hydrogen) atoms. The molecule has 4 N–H and O–H groups in total. The summed E-state index contributed by atoms with van der Waals surface area (Å²) in [5.74, 6) is 0.311. The van der Waals surface area contributed by atoms with Crippen molar-refractivity contribution >= 4 is 28.3 Å². The third kappa shape index (κ3) is 5.28. The van der Waals surface area contributed by atoms with E-state index in [0.717, 1.165) is 32.5 Å². The summed E-state index contributed by atoms with van der Waals surface area (Å²) in [6.45, 7) is 3.05. The maximum atomic E-state index is 14.5. The Balaban J connectivity index is 0.00000289. The summed E-state index contributed by atoms with van der Waals surface area (Å²) in [4.78, 5) is 27.5. The predicted molar refractivity (Wildman–Crippen MR) is 125 cm³/mol. The van der Waals surface area contributed by atoms with Crippen LogP contribution in [0.3, 0.4) is 0 Å². The van der Waals surface area contributed by atoms with Crippen LogP contribution in [0.1, 0.15) is 36.3 Å². The van der Waals surface area contributed by atoms with Gasteiger partial charge in [-0.2, -0.15) is 0 Å². The molecule has 0 bridgehead atoms. The average molecular weight is 440 g/mol. The van der Waals surface area contributed by atoms with Crippen LogP contribution in [0.25, 0.3) is 10.8 Å². The number of aromatic nitrogens is 3. The molecule has 1 aliphatic rings. The van der Waals surface area contributed by atoms with E-state index in [1.807, 2.05) is 0 Å². The van der Waals surface area contributed by atoms with Crippen LogP contribution >= 0.6 is 0 Å². The van der Waals surface area contributed by atoms with Gasteiger partial charge >= 0.3 is 0 Å². The van der Waals surface area contributed by atoms with Gasteiger partial charge in [0.05, 0.1) is 5.39 Å². The summed E-state index contributed by atoms with van der Waals surface area (Å²) in [5, 5.41) is 7.01. The van der Waals surface area contributed by atoms with Crippen molar-refractivity contribution in [1.29, 1.82) is 0 Å². The van der Waals surface area contributed by atoms with Crippen molar-refractivity contribution < 1.29 is 9.18 Å². The largest absolute Gasteiger partial charge is 0.383 e. The Hall–Kier alpha value is -3.33. The Bertz CT molecular complexity index is 1080. The molecule has 0 atom stereocenters. The van der Waals surface area contributed by atoms with E-state index in [1.165, 1.54) is 18.5 Å². The fourth-order valence-electron chi connectivity index (χ4n) is 3.86. The number of hydrogen-bond donors (Lipinski definition) is 3. The minimum atomic E-state index is -0.465. The fourth-order valence-corrected chi connectivity index (χ4v) is 3.86. The quantitative estimate of drug-likeness (QED) is 0.542. The van der Waals surface area contributed by atoms with Gasteiger partial charge in [-0.3, -0.25) is 4.79 Å². The zero-order chi connectivity index (χ0) is 21.8. The molecule has 0 spiro atoms. The molecule has 170 valence electrons. The summed E-state index contributed by atoms with van der Waals surface area (Å²) in [6.07, 6.45) is 6.80. The van der Waals surface area contributed by atoms with Gasteiger partial charge in [0.1, 0.15) is 11.6 Å². The third-order valence-electron chi connectivity index (χ3n) is 5.67. The highest BCUT2D eigenvalue weighted by atomic mass is 19.1. The van der Waals surface area contributed by atoms with E-state index in [-0.39, 0.29) is 36.8 Å². The molecule has 0 aliphatic carbocycles. The maximum Gasteiger partial charge on any atom is 0.273 e. The van der Waals surface area contributed by atoms with E-state index >= 15 is 0 Å². The van der Waals surface area contributed by atoms with Crippen LogP contribution in [0.5, 0.6) is 0 Å². The van der Waals surface area contributed by atoms with Gasteiger partial charge in [0.25, 0.3) is 5.91 Å². The third-order valence-corrected chi connectivity index (χ3v) is 5.67. The van der Waals surface area contributed by atoms with Crippen LogP contribution in [0, 0.1) is 11.7 Å². The van der Waals surface area contributed by atoms with Gasteiger partial charge in [0, 0.05) is 31.7 Å². The van der Waals surface area contributed by atoms with Gasteiger partial charge < -0.3 is 21.3 Å². The summed E-state index contributed by atoms with van der Waals surface area (Å²) in [7, 11) is 2.13. The number of carbonyl (C=O) groups excluding carboxylic acids is 1. The number of pyridine rings is 1. The average Bonchev–Trinajstić information content (AvgIpc) is 2.77. The Kier molecular flexibility index (Phi) is 7.53. The lowest BCUT2D eigenvalue weighted by Gasteiger charge is -2.29. The van der Waals surface area contributed by atoms with Gasteiger partial charge in [-0.05, 0) is 68.0 Å². The number of hydrogen-bond acceptors (Lipinski definition) is 7. The van der Waals surface area contributed by atoms with Crippen molar-refractivity contribution in [3.63, 3.8) is 0 Å². The topological polar surface area (TPSA) is 109 Å². The van der Waals surface area contributed by atoms with Crippen molar-refractivity contribution in [2.75, 3.05) is 37.7 Å². The van der Waals surface area contributed by atoms with Gasteiger partial charge in [-0.1, -0.05) is 7.43 Å². The molecule has 0 saturated carbocycles. The van der Waals surface area contributed by atoms with Crippen LogP contribution in [-0.2, 0) is 6.54 Å². The molecular weight excluding hydrogens is 409 g/mol. The van der Waals surface area contributed by atoms with Gasteiger partial charge in [0.15, 0.2) is 11.5 Å². The molecule has 3 aromatic rings. The highest BCUT2D eigenvalue weighted by Crippen LogP contribution is 2.24. The second-order valence-electron chi connectivity index (χ2n) is 7.94. The first-order valence-electron chi connectivity index (χ1n) is 10.4. The summed E-state index contributed by atoms with van der Waals surface area (Å²) in [5.41, 5.74) is 6.61. The summed E-state index contributed by atoms with van der Waals surface area (Å²) in [6, 6.07) is 4.83. The first-order valence-corrected chi connectivity index (χ1v) is 10.4. The van der Waals surface area contributed by atoms with Crippen molar-refractivity contribution in [3.8, 4) is 0 Å². The van der Waals surface area contributed by atoms with E-state index in [0.29, 0.717) is 22.7 Å². The smallest absolute Gasteiger partial charge is 0.273 e. The lowest BCUT2D eigenvalue weighted by molar-refractivity contribution is 0.0946. The number of benzene rings is 1. The van der Waals surface area contributed by atoms with Gasteiger partial charge in [0.2, 0.25) is 0 Å². The normalized spacial score (nSPS) is 14.7. The van der Waals surface area contributed by atoms with E-state index in [1.54, 1.807) is 18.3 Å². The Labute approximate surface area is 187 Å². The SMILES string of the molecule is C.CN1CCC(CNc2nccnc2C(=O)NCc2cc(F)c3c(N)nccc3c2)CC1. The number of nitrogens with zero attached hydrogens (tertiary/aromatic N) is 4. The first-order chi connectivity index (χ1) is 15.0. The molecule has 1 fully saturated rings. The van der Waals surface area contributed by atoms with Gasteiger partial charge in [-0.25, -0.2) is 19.3 Å². The number of carbonyl (C=O) groups is 1. The number of nitrogens with one attached hydrogen (secondary N) is 2. The number of fused-ring (bicyclic) bond motifs is 1. The number of piperidine rings is 1. The number of nitrogens with two attached hydrogens (primary N) is 1. The lowest BCUT2D eigenvalue weighted by Crippen LogP contribution is -2.33. The van der Waals surface area contributed by atoms with Crippen molar-refractivity contribution in [1.82, 2.24) is 25.2 Å². The lowest BCUT2D eigenvalue weighted by atomic mass is 9.97. The molecule has 1 saturated heterocycles. The summed E-state index contributed by atoms with van der Waals surface area (Å²) >= 11 is 0. The predicted octanol–water partition coefficient (Wildman–Crippen LogP) is 3.07. The van der Waals surface area contributed by atoms with Gasteiger partial charge in [-0.15, -0.1) is 0 Å². The molecule has 9 heteroatoms. The van der Waals surface area contributed by atoms with Crippen LogP contribution < -0.4 is 16.4 Å². The Morgan fingerprint density at radius 2 is 1.94 bits per heavy atom. The second kappa shape index (κ2) is 10.3. The molecule has 0 unspecified atom stereocenters. The Morgan fingerprint density at radius 3 is 2.72 bits per heavy atom. The molecule has 8 nitrogen and oxygen atoms in total. The molecule has 1 aliphatic heterocycles. The number of likely N-dealkylation sites (tertiary alicyclic amines) is 1. The molecular formula is C23H30FN7O. The Morgan fingerprint density at radius 1 is 1.19 bits per heavy atom. The zero-order valence-electron chi connectivity index (χ0n) is 17.4. The van der Waals surface area contributed by atoms with Crippen LogP contribution in [0.15, 0.2) is 36.8 Å². The first kappa shape index (κ1) is 23.3. The highest BCUT2D eigenvalue weighted by molar-refractivity contribution is 5.97. The number of rotatable bonds is 6. The monoisotopic (exact) mass is 439 g/mol. The van der Waals surface area contributed by atoms with Crippen molar-refractivity contribution in [2.45, 2.75) is 26.8 Å². The van der Waals surface area contributed by atoms with Crippen LogP contribution in [0.4, 0.5) is 16.0 Å². The molecule has 1 aromatic carbocycles. The van der Waals surface area contributed by atoms with Crippen molar-refractivity contribution in [3.05, 3.63) is 53.9 Å². The summed E-state index contributed by atoms with van der Waals surface area (Å²) < 4.78 is 14.5. The minimum Gasteiger partial charge on any atom is -0.383 e. The van der Waals surface area contributed by atoms with E-state index in [4.69, 9.17) is 5.73 Å². The van der Waals surface area contributed by atoms with E-state index in [9.17, 15) is 9.18 Å². The molecule has 3 heterocycles. The highest BCUT2D eigenvalue weighted by Gasteiger charge is 2.19. The number of amides is 1. The van der Waals surface area contributed by atoms with E-state index < -0.39 is 5.82 Å². The number of nitrogen functional groups attached to an aromatic ring is 1. The molecule has 0 radical (unpaired) electrons. The zero-order valence-corrected chi connectivity index (χ0v) is 17.4. The minimum absolute atomic E-state index is 0. The van der Waals surface area contributed by atoms with Crippen molar-refractivity contribution in [2.24, 2.45) is 5.92 Å². The number of halogens is 1. The van der Waals surface area contributed by atoms with E-state index in [2.05, 4.69) is 37.5 Å². The standard InChI is InChI=1S/C22H26FN7O.CH4/c1-30-8-3-14(4-9-30)12-28-21-19(25-6-7-27-21)22(31)29-13-15-10-16-2-5-26-20(24)18(16)17(23)11-15;/h2,5-7,10-11,14H,3-4,8-9,12-13H2,1H3,(H2,24,26)(H,27,28)(H,29,31);1H4. The second-order valence-corrected chi connectivity index (χ2v) is 7.94. The maximum absolute atomic E-state index is 14.5. The molecule has 4 rings (SSSR count). The number of anilines is 2. The fraction of sp³-hybridized carbons (Fsp3) is 0.391. The van der Waals surface area contributed by atoms with Crippen LogP contribution in [-0.4, -0.2) is 52.4 Å². The molecule has 1 amide bonds. The molecule has 2 aromatic heterocycles. The van der Waals surface area contributed by atoms with Crippen LogP contribution in [0.2, 0.25) is 0 Å².